The van der Waals surface area contributed by atoms with Crippen molar-refractivity contribution in [2.45, 2.75) is 17.7 Å². The first-order valence-corrected chi connectivity index (χ1v) is 11.3. The highest BCUT2D eigenvalue weighted by molar-refractivity contribution is 7.89. The summed E-state index contributed by atoms with van der Waals surface area (Å²) in [5, 5.41) is 11.8. The van der Waals surface area contributed by atoms with Crippen LogP contribution >= 0.6 is 11.3 Å². The summed E-state index contributed by atoms with van der Waals surface area (Å²) >= 11 is 1.58. The van der Waals surface area contributed by atoms with Gasteiger partial charge in [0.05, 0.1) is 21.4 Å². The van der Waals surface area contributed by atoms with Gasteiger partial charge in [-0.1, -0.05) is 24.3 Å². The molecule has 1 unspecified atom stereocenters. The lowest BCUT2D eigenvalue weighted by molar-refractivity contribution is -0.120. The van der Waals surface area contributed by atoms with Crippen molar-refractivity contribution in [2.75, 3.05) is 18.4 Å². The molecule has 146 valence electrons. The van der Waals surface area contributed by atoms with Crippen LogP contribution in [0.2, 0.25) is 0 Å². The van der Waals surface area contributed by atoms with Crippen molar-refractivity contribution in [1.29, 1.82) is 0 Å². The Morgan fingerprint density at radius 2 is 2.04 bits per heavy atom. The van der Waals surface area contributed by atoms with E-state index in [2.05, 4.69) is 15.5 Å². The molecule has 9 heteroatoms. The first kappa shape index (κ1) is 18.9. The number of hydrogen-bond acceptors (Lipinski definition) is 5. The zero-order chi connectivity index (χ0) is 19.6. The maximum absolute atomic E-state index is 12.8. The number of nitrogens with one attached hydrogen (secondary N) is 2. The quantitative estimate of drug-likeness (QED) is 0.668. The lowest BCUT2D eigenvalue weighted by Crippen LogP contribution is -2.43. The molecule has 1 fully saturated rings. The summed E-state index contributed by atoms with van der Waals surface area (Å²) in [5.41, 5.74) is 0.835. The Hall–Kier alpha value is -2.49. The van der Waals surface area contributed by atoms with Crippen molar-refractivity contribution >= 4 is 33.1 Å². The molecule has 7 nitrogen and oxygen atoms in total. The number of aromatic amines is 1. The highest BCUT2D eigenvalue weighted by Gasteiger charge is 2.33. The van der Waals surface area contributed by atoms with Gasteiger partial charge in [0.2, 0.25) is 15.9 Å². The lowest BCUT2D eigenvalue weighted by atomic mass is 9.99. The number of rotatable bonds is 5. The predicted molar refractivity (Wildman–Crippen MR) is 108 cm³/mol. The zero-order valence-electron chi connectivity index (χ0n) is 15.0. The van der Waals surface area contributed by atoms with Gasteiger partial charge in [-0.05, 0) is 36.4 Å². The van der Waals surface area contributed by atoms with E-state index in [1.165, 1.54) is 4.31 Å². The fourth-order valence-electron chi connectivity index (χ4n) is 3.29. The molecule has 1 saturated heterocycles. The molecule has 0 aliphatic carbocycles. The van der Waals surface area contributed by atoms with Crippen LogP contribution in [0.25, 0.3) is 10.6 Å². The van der Waals surface area contributed by atoms with Gasteiger partial charge in [0.15, 0.2) is 5.82 Å². The molecule has 28 heavy (non-hydrogen) atoms. The Morgan fingerprint density at radius 1 is 1.21 bits per heavy atom. The van der Waals surface area contributed by atoms with Gasteiger partial charge in [0.1, 0.15) is 0 Å². The normalized spacial score (nSPS) is 18.1. The summed E-state index contributed by atoms with van der Waals surface area (Å²) in [6.45, 7) is 0.594. The molecule has 1 amide bonds. The number of benzene rings is 1. The minimum absolute atomic E-state index is 0.172. The second-order valence-electron chi connectivity index (χ2n) is 6.65. The second kappa shape index (κ2) is 7.86. The summed E-state index contributed by atoms with van der Waals surface area (Å²) in [7, 11) is -3.59. The van der Waals surface area contributed by atoms with Gasteiger partial charge in [-0.3, -0.25) is 9.89 Å². The average molecular weight is 417 g/mol. The van der Waals surface area contributed by atoms with E-state index in [1.807, 2.05) is 17.5 Å². The molecule has 4 rings (SSSR count). The number of H-pyrrole nitrogens is 1. The van der Waals surface area contributed by atoms with Crippen LogP contribution in [0.3, 0.4) is 0 Å². The fraction of sp³-hybridized carbons (Fsp3) is 0.263. The second-order valence-corrected chi connectivity index (χ2v) is 9.53. The third-order valence-electron chi connectivity index (χ3n) is 4.75. The SMILES string of the molecule is O=C(Nc1cc(-c2cccs2)[nH]n1)C1CCCN(S(=O)(=O)c2ccccc2)C1. The number of sulfonamides is 1. The van der Waals surface area contributed by atoms with Gasteiger partial charge >= 0.3 is 0 Å². The maximum Gasteiger partial charge on any atom is 0.243 e. The largest absolute Gasteiger partial charge is 0.309 e. The minimum atomic E-state index is -3.59. The first-order chi connectivity index (χ1) is 13.5. The lowest BCUT2D eigenvalue weighted by Gasteiger charge is -2.31. The molecule has 2 aromatic heterocycles. The summed E-state index contributed by atoms with van der Waals surface area (Å²) in [4.78, 5) is 14.0. The topological polar surface area (TPSA) is 95.2 Å². The molecule has 1 aliphatic heterocycles. The average Bonchev–Trinajstić information content (AvgIpc) is 3.40. The molecule has 0 bridgehead atoms. The first-order valence-electron chi connectivity index (χ1n) is 8.99. The minimum Gasteiger partial charge on any atom is -0.309 e. The van der Waals surface area contributed by atoms with E-state index in [9.17, 15) is 13.2 Å². The summed E-state index contributed by atoms with van der Waals surface area (Å²) in [6, 6.07) is 14.0. The van der Waals surface area contributed by atoms with Crippen molar-refractivity contribution in [3.05, 3.63) is 53.9 Å². The monoisotopic (exact) mass is 416 g/mol. The van der Waals surface area contributed by atoms with E-state index in [-0.39, 0.29) is 17.3 Å². The molecule has 1 atom stereocenters. The van der Waals surface area contributed by atoms with Gasteiger partial charge < -0.3 is 5.32 Å². The van der Waals surface area contributed by atoms with E-state index in [4.69, 9.17) is 0 Å². The van der Waals surface area contributed by atoms with Crippen molar-refractivity contribution in [3.63, 3.8) is 0 Å². The van der Waals surface area contributed by atoms with E-state index in [0.29, 0.717) is 25.2 Å². The highest BCUT2D eigenvalue weighted by atomic mass is 32.2. The van der Waals surface area contributed by atoms with Gasteiger partial charge in [-0.15, -0.1) is 11.3 Å². The number of nitrogens with zero attached hydrogens (tertiary/aromatic N) is 2. The molecule has 1 aliphatic rings. The van der Waals surface area contributed by atoms with Gasteiger partial charge in [0.25, 0.3) is 0 Å². The number of anilines is 1. The zero-order valence-corrected chi connectivity index (χ0v) is 16.7. The molecular weight excluding hydrogens is 396 g/mol. The van der Waals surface area contributed by atoms with E-state index >= 15 is 0 Å². The van der Waals surface area contributed by atoms with Crippen LogP contribution in [0.1, 0.15) is 12.8 Å². The Labute approximate surface area is 167 Å². The standard InChI is InChI=1S/C19H20N4O3S2/c24-19(20-18-12-16(21-22-18)17-9-5-11-27-17)14-6-4-10-23(13-14)28(25,26)15-7-2-1-3-8-15/h1-3,5,7-9,11-12,14H,4,6,10,13H2,(H2,20,21,22,24). The number of thiophene rings is 1. The van der Waals surface area contributed by atoms with Gasteiger partial charge in [-0.25, -0.2) is 8.42 Å². The van der Waals surface area contributed by atoms with Crippen LogP contribution in [0.4, 0.5) is 5.82 Å². The third kappa shape index (κ3) is 3.87. The molecule has 0 saturated carbocycles. The smallest absolute Gasteiger partial charge is 0.243 e. The molecule has 3 aromatic rings. The van der Waals surface area contributed by atoms with E-state index in [0.717, 1.165) is 10.6 Å². The summed E-state index contributed by atoms with van der Waals surface area (Å²) in [5.74, 6) is -0.178. The van der Waals surface area contributed by atoms with Crippen LogP contribution in [0, 0.1) is 5.92 Å². The Bertz CT molecular complexity index is 1050. The van der Waals surface area contributed by atoms with Crippen LogP contribution in [0.15, 0.2) is 58.8 Å². The number of aromatic nitrogens is 2. The number of piperidine rings is 1. The molecule has 0 radical (unpaired) electrons. The number of amides is 1. The van der Waals surface area contributed by atoms with Crippen molar-refractivity contribution in [1.82, 2.24) is 14.5 Å². The van der Waals surface area contributed by atoms with Crippen molar-refractivity contribution < 1.29 is 13.2 Å². The Kier molecular flexibility index (Phi) is 5.29. The van der Waals surface area contributed by atoms with Crippen LogP contribution in [0.5, 0.6) is 0 Å². The Balaban J connectivity index is 1.44. The number of carbonyl (C=O) groups is 1. The predicted octanol–water partition coefficient (Wildman–Crippen LogP) is 3.18. The van der Waals surface area contributed by atoms with Crippen molar-refractivity contribution in [2.24, 2.45) is 5.92 Å². The van der Waals surface area contributed by atoms with Gasteiger partial charge in [-0.2, -0.15) is 9.40 Å². The summed E-state index contributed by atoms with van der Waals surface area (Å²) < 4.78 is 27.1. The molecule has 0 spiro atoms. The fourth-order valence-corrected chi connectivity index (χ4v) is 5.53. The molecule has 1 aromatic carbocycles. The number of hydrogen-bond donors (Lipinski definition) is 2. The van der Waals surface area contributed by atoms with E-state index < -0.39 is 15.9 Å². The van der Waals surface area contributed by atoms with Crippen LogP contribution < -0.4 is 5.32 Å². The third-order valence-corrected chi connectivity index (χ3v) is 7.53. The molecular formula is C19H20N4O3S2. The number of carbonyl (C=O) groups excluding carboxylic acids is 1. The van der Waals surface area contributed by atoms with Crippen LogP contribution in [-0.4, -0.2) is 41.9 Å². The Morgan fingerprint density at radius 3 is 2.79 bits per heavy atom. The highest BCUT2D eigenvalue weighted by Crippen LogP contribution is 2.26. The molecule has 3 heterocycles. The van der Waals surface area contributed by atoms with Crippen LogP contribution in [-0.2, 0) is 14.8 Å². The maximum atomic E-state index is 12.8. The summed E-state index contributed by atoms with van der Waals surface area (Å²) in [6.07, 6.45) is 1.29. The van der Waals surface area contributed by atoms with E-state index in [1.54, 1.807) is 47.7 Å². The molecule has 2 N–H and O–H groups in total. The van der Waals surface area contributed by atoms with Crippen molar-refractivity contribution in [3.8, 4) is 10.6 Å². The van der Waals surface area contributed by atoms with Gasteiger partial charge in [0, 0.05) is 19.2 Å².